The van der Waals surface area contributed by atoms with E-state index in [2.05, 4.69) is 10.2 Å². The van der Waals surface area contributed by atoms with Crippen LogP contribution in [0.1, 0.15) is 25.8 Å². The topological polar surface area (TPSA) is 76.7 Å². The summed E-state index contributed by atoms with van der Waals surface area (Å²) in [5.41, 5.74) is 6.10. The zero-order valence-electron chi connectivity index (χ0n) is 12.1. The second kappa shape index (κ2) is 6.91. The lowest BCUT2D eigenvalue weighted by Gasteiger charge is -2.12. The molecule has 3 N–H and O–H groups in total. The summed E-state index contributed by atoms with van der Waals surface area (Å²) in [7, 11) is 0. The van der Waals surface area contributed by atoms with Crippen molar-refractivity contribution < 1.29 is 4.39 Å². The van der Waals surface area contributed by atoms with Crippen molar-refractivity contribution >= 4 is 11.8 Å². The molecule has 5 nitrogen and oxygen atoms in total. The lowest BCUT2D eigenvalue weighted by atomic mass is 10.1. The molecule has 2 aromatic rings. The number of H-pyrrole nitrogens is 1. The molecular weight excluding hydrogens is 291 g/mol. The lowest BCUT2D eigenvalue weighted by molar-refractivity contribution is 0.587. The Morgan fingerprint density at radius 1 is 1.52 bits per heavy atom. The Hall–Kier alpha value is -1.60. The van der Waals surface area contributed by atoms with Crippen molar-refractivity contribution in [3.05, 3.63) is 40.1 Å². The number of hydrogen-bond acceptors (Lipinski definition) is 4. The van der Waals surface area contributed by atoms with Gasteiger partial charge in [0.05, 0.1) is 0 Å². The monoisotopic (exact) mass is 310 g/mol. The van der Waals surface area contributed by atoms with Crippen LogP contribution in [0, 0.1) is 5.82 Å². The van der Waals surface area contributed by atoms with Crippen molar-refractivity contribution in [3.63, 3.8) is 0 Å². The largest absolute Gasteiger partial charge is 0.343 e. The fourth-order valence-electron chi connectivity index (χ4n) is 2.05. The highest BCUT2D eigenvalue weighted by Gasteiger charge is 2.15. The highest BCUT2D eigenvalue weighted by atomic mass is 32.2. The summed E-state index contributed by atoms with van der Waals surface area (Å²) in [6.07, 6.45) is 1.26. The van der Waals surface area contributed by atoms with Crippen LogP contribution in [0.5, 0.6) is 0 Å². The smallest absolute Gasteiger partial charge is 0.328 e. The number of hydrogen-bond donors (Lipinski definition) is 2. The molecule has 1 unspecified atom stereocenters. The van der Waals surface area contributed by atoms with Gasteiger partial charge in [-0.15, -0.1) is 5.10 Å². The zero-order chi connectivity index (χ0) is 15.4. The predicted octanol–water partition coefficient (Wildman–Crippen LogP) is 2.16. The minimum Gasteiger partial charge on any atom is -0.328 e. The average Bonchev–Trinajstić information content (AvgIpc) is 2.76. The van der Waals surface area contributed by atoms with Crippen molar-refractivity contribution in [1.82, 2.24) is 14.8 Å². The van der Waals surface area contributed by atoms with Gasteiger partial charge in [0, 0.05) is 23.0 Å². The number of nitrogens with zero attached hydrogens (tertiary/aromatic N) is 2. The summed E-state index contributed by atoms with van der Waals surface area (Å²) in [5.74, 6) is -0.280. The van der Waals surface area contributed by atoms with E-state index in [0.717, 1.165) is 11.3 Å². The molecule has 0 saturated heterocycles. The van der Waals surface area contributed by atoms with E-state index in [0.29, 0.717) is 23.7 Å². The molecular formula is C14H19FN4OS. The van der Waals surface area contributed by atoms with E-state index in [1.807, 2.05) is 19.9 Å². The van der Waals surface area contributed by atoms with Crippen LogP contribution in [-0.2, 0) is 13.0 Å². The molecule has 1 aromatic heterocycles. The number of nitrogens with two attached hydrogens (primary N) is 1. The molecule has 114 valence electrons. The van der Waals surface area contributed by atoms with Crippen LogP contribution in [0.2, 0.25) is 0 Å². The number of benzene rings is 1. The molecule has 1 atom stereocenters. The second-order valence-electron chi connectivity index (χ2n) is 4.96. The minimum atomic E-state index is -0.280. The van der Waals surface area contributed by atoms with Gasteiger partial charge < -0.3 is 5.73 Å². The Kier molecular flexibility index (Phi) is 5.19. The normalized spacial score (nSPS) is 12.6. The standard InChI is InChI=1S/C14H19FN4OS/c1-3-7-19-13(20)17-18-14(19)21-12-6-4-5-11(15)10(12)8-9(2)16/h4-6,9H,3,7-8,16H2,1-2H3,(H,17,20). The number of aromatic amines is 1. The van der Waals surface area contributed by atoms with Gasteiger partial charge >= 0.3 is 5.69 Å². The van der Waals surface area contributed by atoms with Crippen molar-refractivity contribution in [2.24, 2.45) is 5.73 Å². The average molecular weight is 310 g/mol. The van der Waals surface area contributed by atoms with Gasteiger partial charge in [0.1, 0.15) is 5.82 Å². The summed E-state index contributed by atoms with van der Waals surface area (Å²) in [6.45, 7) is 4.40. The molecule has 0 amide bonds. The van der Waals surface area contributed by atoms with Crippen LogP contribution < -0.4 is 11.4 Å². The highest BCUT2D eigenvalue weighted by molar-refractivity contribution is 7.99. The molecule has 0 spiro atoms. The summed E-state index contributed by atoms with van der Waals surface area (Å²) in [6, 6.07) is 4.75. The summed E-state index contributed by atoms with van der Waals surface area (Å²) in [4.78, 5) is 12.4. The van der Waals surface area contributed by atoms with Gasteiger partial charge in [0.15, 0.2) is 5.16 Å². The highest BCUT2D eigenvalue weighted by Crippen LogP contribution is 2.30. The van der Waals surface area contributed by atoms with Gasteiger partial charge in [-0.3, -0.25) is 4.57 Å². The van der Waals surface area contributed by atoms with Gasteiger partial charge in [0.2, 0.25) is 0 Å². The van der Waals surface area contributed by atoms with Gasteiger partial charge in [-0.1, -0.05) is 13.0 Å². The molecule has 2 rings (SSSR count). The van der Waals surface area contributed by atoms with E-state index >= 15 is 0 Å². The van der Waals surface area contributed by atoms with Crippen LogP contribution in [0.25, 0.3) is 0 Å². The van der Waals surface area contributed by atoms with Crippen LogP contribution in [0.4, 0.5) is 4.39 Å². The van der Waals surface area contributed by atoms with Gasteiger partial charge in [-0.05, 0) is 43.7 Å². The molecule has 0 aliphatic carbocycles. The van der Waals surface area contributed by atoms with E-state index in [9.17, 15) is 9.18 Å². The third-order valence-electron chi connectivity index (χ3n) is 2.97. The first kappa shape index (κ1) is 15.8. The summed E-state index contributed by atoms with van der Waals surface area (Å²) >= 11 is 1.28. The van der Waals surface area contributed by atoms with E-state index < -0.39 is 0 Å². The molecule has 0 fully saturated rings. The first-order valence-corrected chi connectivity index (χ1v) is 7.70. The maximum absolute atomic E-state index is 14.0. The fraction of sp³-hybridized carbons (Fsp3) is 0.429. The van der Waals surface area contributed by atoms with E-state index in [4.69, 9.17) is 5.73 Å². The van der Waals surface area contributed by atoms with Crippen LogP contribution in [-0.4, -0.2) is 20.8 Å². The molecule has 1 heterocycles. The molecule has 0 radical (unpaired) electrons. The third-order valence-corrected chi connectivity index (χ3v) is 4.07. The van der Waals surface area contributed by atoms with Crippen LogP contribution >= 0.6 is 11.8 Å². The number of rotatable bonds is 6. The Morgan fingerprint density at radius 2 is 2.29 bits per heavy atom. The molecule has 0 saturated carbocycles. The van der Waals surface area contributed by atoms with E-state index in [1.165, 1.54) is 17.8 Å². The Bertz CT molecular complexity index is 665. The SMILES string of the molecule is CCCn1c(Sc2cccc(F)c2CC(C)N)n[nH]c1=O. The van der Waals surface area contributed by atoms with Gasteiger partial charge in [0.25, 0.3) is 0 Å². The first-order chi connectivity index (χ1) is 10.0. The zero-order valence-corrected chi connectivity index (χ0v) is 12.9. The van der Waals surface area contributed by atoms with Crippen molar-refractivity contribution in [2.75, 3.05) is 0 Å². The molecule has 0 aliphatic heterocycles. The predicted molar refractivity (Wildman–Crippen MR) is 81.0 cm³/mol. The maximum atomic E-state index is 14.0. The van der Waals surface area contributed by atoms with E-state index in [-0.39, 0.29) is 17.5 Å². The maximum Gasteiger partial charge on any atom is 0.343 e. The summed E-state index contributed by atoms with van der Waals surface area (Å²) in [5, 5.41) is 6.99. The van der Waals surface area contributed by atoms with Gasteiger partial charge in [-0.25, -0.2) is 14.3 Å². The third kappa shape index (κ3) is 3.74. The minimum absolute atomic E-state index is 0.140. The van der Waals surface area contributed by atoms with Gasteiger partial charge in [-0.2, -0.15) is 0 Å². The number of halogens is 1. The molecule has 21 heavy (non-hydrogen) atoms. The number of nitrogens with one attached hydrogen (secondary N) is 1. The van der Waals surface area contributed by atoms with Crippen molar-refractivity contribution in [2.45, 2.75) is 49.3 Å². The van der Waals surface area contributed by atoms with Crippen molar-refractivity contribution in [3.8, 4) is 0 Å². The van der Waals surface area contributed by atoms with Crippen LogP contribution in [0.15, 0.2) is 33.0 Å². The molecule has 7 heteroatoms. The molecule has 0 aliphatic rings. The fourth-order valence-corrected chi connectivity index (χ4v) is 3.08. The first-order valence-electron chi connectivity index (χ1n) is 6.89. The molecule has 0 bridgehead atoms. The number of aromatic nitrogens is 3. The quantitative estimate of drug-likeness (QED) is 0.857. The lowest BCUT2D eigenvalue weighted by Crippen LogP contribution is -2.19. The van der Waals surface area contributed by atoms with E-state index in [1.54, 1.807) is 10.6 Å². The van der Waals surface area contributed by atoms with Crippen molar-refractivity contribution in [1.29, 1.82) is 0 Å². The summed E-state index contributed by atoms with van der Waals surface area (Å²) < 4.78 is 15.6. The molecule has 1 aromatic carbocycles. The second-order valence-corrected chi connectivity index (χ2v) is 5.97. The van der Waals surface area contributed by atoms with Crippen LogP contribution in [0.3, 0.4) is 0 Å². The Labute approximate surface area is 126 Å². The Balaban J connectivity index is 2.36. The Morgan fingerprint density at radius 3 is 2.95 bits per heavy atom.